The number of rotatable bonds is 2. The molecule has 0 radical (unpaired) electrons. The SMILES string of the molecule is COC(=O)c1ccoc1S(=O)(=O)[O-].[Na+]. The Morgan fingerprint density at radius 2 is 2.14 bits per heavy atom. The normalized spacial score (nSPS) is 10.4. The molecule has 1 aromatic rings. The maximum absolute atomic E-state index is 10.9. The number of hydrogen-bond donors (Lipinski definition) is 0. The Bertz CT molecular complexity index is 419. The Balaban J connectivity index is 0.00000169. The number of carbonyl (C=O) groups is 1. The fourth-order valence-corrected chi connectivity index (χ4v) is 1.34. The average molecular weight is 228 g/mol. The molecule has 6 nitrogen and oxygen atoms in total. The monoisotopic (exact) mass is 228 g/mol. The van der Waals surface area contributed by atoms with Gasteiger partial charge in [-0.1, -0.05) is 0 Å². The Morgan fingerprint density at radius 1 is 1.57 bits per heavy atom. The van der Waals surface area contributed by atoms with Gasteiger partial charge in [-0.2, -0.15) is 0 Å². The number of furan rings is 1. The van der Waals surface area contributed by atoms with Crippen molar-refractivity contribution < 1.29 is 56.5 Å². The van der Waals surface area contributed by atoms with Crippen LogP contribution in [0.2, 0.25) is 0 Å². The summed E-state index contributed by atoms with van der Waals surface area (Å²) in [6, 6.07) is 1.05. The van der Waals surface area contributed by atoms with Crippen LogP contribution in [0.5, 0.6) is 0 Å². The molecule has 8 heteroatoms. The van der Waals surface area contributed by atoms with E-state index in [0.717, 1.165) is 19.4 Å². The maximum Gasteiger partial charge on any atom is 1.00 e. The second kappa shape index (κ2) is 4.94. The van der Waals surface area contributed by atoms with Crippen molar-refractivity contribution in [3.05, 3.63) is 17.9 Å². The Morgan fingerprint density at radius 3 is 2.57 bits per heavy atom. The molecule has 0 aliphatic rings. The molecule has 0 N–H and O–H groups in total. The van der Waals surface area contributed by atoms with Gasteiger partial charge in [0.2, 0.25) is 5.09 Å². The zero-order valence-electron chi connectivity index (χ0n) is 7.51. The molecule has 0 amide bonds. The Hall–Kier alpha value is -0.340. The van der Waals surface area contributed by atoms with Crippen molar-refractivity contribution in [3.8, 4) is 0 Å². The Labute approximate surface area is 102 Å². The standard InChI is InChI=1S/C6H6O6S.Na/c1-11-5(7)4-2-3-12-6(4)13(8,9)10;/h2-3H,1H3,(H,8,9,10);/q;+1/p-1. The van der Waals surface area contributed by atoms with Crippen LogP contribution in [0.25, 0.3) is 0 Å². The first-order chi connectivity index (χ1) is 5.96. The summed E-state index contributed by atoms with van der Waals surface area (Å²) in [6.07, 6.45) is 0.928. The zero-order chi connectivity index (χ0) is 10.1. The number of carbonyl (C=O) groups excluding carboxylic acids is 1. The molecule has 1 rings (SSSR count). The first-order valence-corrected chi connectivity index (χ1v) is 4.49. The summed E-state index contributed by atoms with van der Waals surface area (Å²) < 4.78 is 40.0. The van der Waals surface area contributed by atoms with E-state index >= 15 is 0 Å². The van der Waals surface area contributed by atoms with Crippen LogP contribution in [0.4, 0.5) is 0 Å². The number of hydrogen-bond acceptors (Lipinski definition) is 6. The van der Waals surface area contributed by atoms with E-state index in [1.807, 2.05) is 0 Å². The van der Waals surface area contributed by atoms with Gasteiger partial charge in [0.1, 0.15) is 5.56 Å². The van der Waals surface area contributed by atoms with E-state index in [1.165, 1.54) is 0 Å². The van der Waals surface area contributed by atoms with E-state index in [9.17, 15) is 17.8 Å². The molecular formula is C6H5NaO6S. The van der Waals surface area contributed by atoms with Crippen molar-refractivity contribution in [2.45, 2.75) is 5.09 Å². The second-order valence-electron chi connectivity index (χ2n) is 2.07. The van der Waals surface area contributed by atoms with Gasteiger partial charge in [-0.15, -0.1) is 0 Å². The van der Waals surface area contributed by atoms with E-state index < -0.39 is 26.7 Å². The first kappa shape index (κ1) is 13.7. The van der Waals surface area contributed by atoms with E-state index in [2.05, 4.69) is 9.15 Å². The maximum atomic E-state index is 10.9. The summed E-state index contributed by atoms with van der Waals surface area (Å²) in [5.74, 6) is -0.928. The third-order valence-corrected chi connectivity index (χ3v) is 2.03. The third kappa shape index (κ3) is 2.82. The van der Waals surface area contributed by atoms with Gasteiger partial charge in [-0.25, -0.2) is 13.2 Å². The minimum Gasteiger partial charge on any atom is -0.742 e. The van der Waals surface area contributed by atoms with Crippen LogP contribution in [0.15, 0.2) is 21.8 Å². The molecular weight excluding hydrogens is 223 g/mol. The Kier molecular flexibility index (Phi) is 4.82. The van der Waals surface area contributed by atoms with Gasteiger partial charge in [0, 0.05) is 0 Å². The van der Waals surface area contributed by atoms with E-state index in [1.54, 1.807) is 0 Å². The van der Waals surface area contributed by atoms with Gasteiger partial charge in [0.15, 0.2) is 10.1 Å². The van der Waals surface area contributed by atoms with Crippen molar-refractivity contribution in [1.29, 1.82) is 0 Å². The summed E-state index contributed by atoms with van der Waals surface area (Å²) in [6.45, 7) is 0. The summed E-state index contributed by atoms with van der Waals surface area (Å²) in [5.41, 5.74) is -0.391. The molecule has 0 aliphatic carbocycles. The number of methoxy groups -OCH3 is 1. The van der Waals surface area contributed by atoms with Crippen LogP contribution in [-0.4, -0.2) is 26.0 Å². The van der Waals surface area contributed by atoms with Crippen LogP contribution in [0, 0.1) is 0 Å². The molecule has 0 spiro atoms. The summed E-state index contributed by atoms with van der Waals surface area (Å²) >= 11 is 0. The molecule has 0 saturated carbocycles. The zero-order valence-corrected chi connectivity index (χ0v) is 10.3. The van der Waals surface area contributed by atoms with Crippen molar-refractivity contribution >= 4 is 16.1 Å². The van der Waals surface area contributed by atoms with Gasteiger partial charge >= 0.3 is 35.5 Å². The minimum atomic E-state index is -4.76. The van der Waals surface area contributed by atoms with Crippen LogP contribution in [0.3, 0.4) is 0 Å². The second-order valence-corrected chi connectivity index (χ2v) is 3.35. The molecule has 0 unspecified atom stereocenters. The van der Waals surface area contributed by atoms with Crippen molar-refractivity contribution in [3.63, 3.8) is 0 Å². The first-order valence-electron chi connectivity index (χ1n) is 3.08. The van der Waals surface area contributed by atoms with Gasteiger partial charge in [-0.05, 0) is 6.07 Å². The van der Waals surface area contributed by atoms with Crippen LogP contribution < -0.4 is 29.6 Å². The van der Waals surface area contributed by atoms with Crippen LogP contribution in [-0.2, 0) is 14.9 Å². The minimum absolute atomic E-state index is 0. The molecule has 0 bridgehead atoms. The molecule has 1 aromatic heterocycles. The van der Waals surface area contributed by atoms with Gasteiger partial charge in [0.05, 0.1) is 13.4 Å². The van der Waals surface area contributed by atoms with Gasteiger partial charge in [-0.3, -0.25) is 0 Å². The third-order valence-electron chi connectivity index (χ3n) is 1.26. The molecule has 0 saturated heterocycles. The molecule has 14 heavy (non-hydrogen) atoms. The fraction of sp³-hybridized carbons (Fsp3) is 0.167. The van der Waals surface area contributed by atoms with E-state index in [0.29, 0.717) is 0 Å². The van der Waals surface area contributed by atoms with Crippen molar-refractivity contribution in [2.24, 2.45) is 0 Å². The largest absolute Gasteiger partial charge is 1.00 e. The smallest absolute Gasteiger partial charge is 0.742 e. The van der Waals surface area contributed by atoms with Crippen molar-refractivity contribution in [2.75, 3.05) is 7.11 Å². The van der Waals surface area contributed by atoms with Crippen LogP contribution >= 0.6 is 0 Å². The predicted octanol–water partition coefficient (Wildman–Crippen LogP) is -3.03. The number of ether oxygens (including phenoxy) is 1. The molecule has 0 atom stereocenters. The van der Waals surface area contributed by atoms with Crippen molar-refractivity contribution in [1.82, 2.24) is 0 Å². The topological polar surface area (TPSA) is 96.6 Å². The van der Waals surface area contributed by atoms with E-state index in [4.69, 9.17) is 0 Å². The quantitative estimate of drug-likeness (QED) is 0.303. The fourth-order valence-electron chi connectivity index (χ4n) is 0.750. The molecule has 72 valence electrons. The summed E-state index contributed by atoms with van der Waals surface area (Å²) in [7, 11) is -3.70. The molecule has 0 aliphatic heterocycles. The summed E-state index contributed by atoms with van der Waals surface area (Å²) in [4.78, 5) is 10.9. The number of esters is 1. The van der Waals surface area contributed by atoms with Gasteiger partial charge < -0.3 is 13.7 Å². The predicted molar refractivity (Wildman–Crippen MR) is 38.0 cm³/mol. The van der Waals surface area contributed by atoms with Gasteiger partial charge in [0.25, 0.3) is 0 Å². The van der Waals surface area contributed by atoms with Crippen LogP contribution in [0.1, 0.15) is 10.4 Å². The van der Waals surface area contributed by atoms with E-state index in [-0.39, 0.29) is 29.6 Å². The average Bonchev–Trinajstić information content (AvgIpc) is 2.49. The summed E-state index contributed by atoms with van der Waals surface area (Å²) in [5, 5.41) is -0.917. The molecule has 0 fully saturated rings. The molecule has 1 heterocycles. The molecule has 0 aromatic carbocycles.